The second-order valence-corrected chi connectivity index (χ2v) is 8.53. The molecule has 1 aromatic carbocycles. The van der Waals surface area contributed by atoms with Crippen LogP contribution in [0.3, 0.4) is 0 Å². The smallest absolute Gasteiger partial charge is 0.399 e. The van der Waals surface area contributed by atoms with E-state index >= 15 is 0 Å². The molecule has 2 heterocycles. The molecule has 0 aromatic heterocycles. The summed E-state index contributed by atoms with van der Waals surface area (Å²) in [5.74, 6) is 0. The van der Waals surface area contributed by atoms with Crippen LogP contribution in [-0.4, -0.2) is 49.4 Å². The number of rotatable bonds is 4. The number of hydrogen-bond acceptors (Lipinski definition) is 5. The molecule has 146 valence electrons. The fourth-order valence-corrected chi connectivity index (χ4v) is 3.66. The van der Waals surface area contributed by atoms with Gasteiger partial charge in [-0.15, -0.1) is 0 Å². The van der Waals surface area contributed by atoms with Crippen LogP contribution in [-0.2, 0) is 15.9 Å². The van der Waals surface area contributed by atoms with E-state index in [0.29, 0.717) is 5.69 Å². The standard InChI is InChI=1S/C19H30BN5O2/c1-13-15(12-25-9-7-22-8-10-25)11-16(14(2)17(13)23-24-21)20-26-18(3,4)19(5,6)27-20/h11,22H,7-10,12H2,1-6H3. The predicted octanol–water partition coefficient (Wildman–Crippen LogP) is 2.95. The molecule has 0 atom stereocenters. The van der Waals surface area contributed by atoms with Crippen molar-refractivity contribution in [2.45, 2.75) is 59.3 Å². The molecule has 0 spiro atoms. The van der Waals surface area contributed by atoms with Gasteiger partial charge in [-0.05, 0) is 69.2 Å². The van der Waals surface area contributed by atoms with E-state index in [1.165, 1.54) is 0 Å². The van der Waals surface area contributed by atoms with E-state index in [0.717, 1.165) is 54.9 Å². The lowest BCUT2D eigenvalue weighted by atomic mass is 9.74. The summed E-state index contributed by atoms with van der Waals surface area (Å²) in [5, 5.41) is 7.38. The lowest BCUT2D eigenvalue weighted by Gasteiger charge is -2.32. The Morgan fingerprint density at radius 1 is 1.15 bits per heavy atom. The van der Waals surface area contributed by atoms with Gasteiger partial charge in [-0.2, -0.15) is 0 Å². The maximum atomic E-state index is 9.08. The molecular formula is C19H30BN5O2. The van der Waals surface area contributed by atoms with Gasteiger partial charge in [0, 0.05) is 43.3 Å². The highest BCUT2D eigenvalue weighted by Crippen LogP contribution is 2.38. The average molecular weight is 371 g/mol. The monoisotopic (exact) mass is 371 g/mol. The Kier molecular flexibility index (Phi) is 5.57. The van der Waals surface area contributed by atoms with Crippen LogP contribution in [0, 0.1) is 13.8 Å². The first-order valence-corrected chi connectivity index (χ1v) is 9.63. The maximum Gasteiger partial charge on any atom is 0.495 e. The van der Waals surface area contributed by atoms with Gasteiger partial charge in [-0.1, -0.05) is 11.2 Å². The molecule has 7 nitrogen and oxygen atoms in total. The molecule has 2 aliphatic rings. The molecule has 2 fully saturated rings. The number of hydrogen-bond donors (Lipinski definition) is 1. The maximum absolute atomic E-state index is 9.08. The molecular weight excluding hydrogens is 341 g/mol. The second-order valence-electron chi connectivity index (χ2n) is 8.53. The summed E-state index contributed by atoms with van der Waals surface area (Å²) in [6, 6.07) is 2.17. The second kappa shape index (κ2) is 7.45. The minimum absolute atomic E-state index is 0.410. The lowest BCUT2D eigenvalue weighted by Crippen LogP contribution is -2.43. The third kappa shape index (κ3) is 3.86. The van der Waals surface area contributed by atoms with Gasteiger partial charge < -0.3 is 14.6 Å². The van der Waals surface area contributed by atoms with Gasteiger partial charge in [0.15, 0.2) is 0 Å². The first kappa shape index (κ1) is 20.2. The zero-order valence-electron chi connectivity index (χ0n) is 17.3. The van der Waals surface area contributed by atoms with Crippen molar-refractivity contribution < 1.29 is 9.31 Å². The van der Waals surface area contributed by atoms with Gasteiger partial charge in [0.2, 0.25) is 0 Å². The summed E-state index contributed by atoms with van der Waals surface area (Å²) in [6.45, 7) is 17.0. The zero-order valence-corrected chi connectivity index (χ0v) is 17.3. The number of piperazine rings is 1. The molecule has 1 N–H and O–H groups in total. The van der Waals surface area contributed by atoms with E-state index in [4.69, 9.17) is 14.8 Å². The van der Waals surface area contributed by atoms with Crippen LogP contribution in [0.1, 0.15) is 44.4 Å². The normalized spacial score (nSPS) is 21.9. The third-order valence-corrected chi connectivity index (χ3v) is 6.21. The van der Waals surface area contributed by atoms with Crippen LogP contribution in [0.15, 0.2) is 11.2 Å². The van der Waals surface area contributed by atoms with Crippen molar-refractivity contribution in [3.05, 3.63) is 33.2 Å². The summed E-state index contributed by atoms with van der Waals surface area (Å²) in [4.78, 5) is 5.48. The highest BCUT2D eigenvalue weighted by molar-refractivity contribution is 6.62. The van der Waals surface area contributed by atoms with E-state index in [1.807, 2.05) is 41.5 Å². The molecule has 0 aliphatic carbocycles. The van der Waals surface area contributed by atoms with Crippen molar-refractivity contribution in [1.29, 1.82) is 0 Å². The average Bonchev–Trinajstić information content (AvgIpc) is 2.82. The first-order valence-electron chi connectivity index (χ1n) is 9.63. The highest BCUT2D eigenvalue weighted by Gasteiger charge is 2.52. The van der Waals surface area contributed by atoms with Crippen LogP contribution >= 0.6 is 0 Å². The number of nitrogens with one attached hydrogen (secondary N) is 1. The molecule has 0 radical (unpaired) electrons. The third-order valence-electron chi connectivity index (χ3n) is 6.21. The van der Waals surface area contributed by atoms with Crippen molar-refractivity contribution in [3.8, 4) is 0 Å². The minimum Gasteiger partial charge on any atom is -0.399 e. The number of benzene rings is 1. The van der Waals surface area contributed by atoms with E-state index < -0.39 is 18.3 Å². The Hall–Kier alpha value is -1.57. The molecule has 0 amide bonds. The molecule has 0 unspecified atom stereocenters. The minimum atomic E-state index is -0.468. The van der Waals surface area contributed by atoms with Gasteiger partial charge in [-0.25, -0.2) is 0 Å². The van der Waals surface area contributed by atoms with Crippen molar-refractivity contribution in [2.24, 2.45) is 5.11 Å². The fraction of sp³-hybridized carbons (Fsp3) is 0.684. The molecule has 1 aromatic rings. The molecule has 27 heavy (non-hydrogen) atoms. The Morgan fingerprint density at radius 3 is 2.30 bits per heavy atom. The van der Waals surface area contributed by atoms with Crippen LogP contribution in [0.2, 0.25) is 0 Å². The van der Waals surface area contributed by atoms with Crippen LogP contribution in [0.4, 0.5) is 5.69 Å². The van der Waals surface area contributed by atoms with Gasteiger partial charge in [0.1, 0.15) is 0 Å². The molecule has 0 bridgehead atoms. The van der Waals surface area contributed by atoms with Gasteiger partial charge >= 0.3 is 7.12 Å². The van der Waals surface area contributed by atoms with E-state index in [-0.39, 0.29) is 0 Å². The van der Waals surface area contributed by atoms with Gasteiger partial charge in [-0.3, -0.25) is 4.90 Å². The highest BCUT2D eigenvalue weighted by atomic mass is 16.7. The lowest BCUT2D eigenvalue weighted by molar-refractivity contribution is 0.00578. The fourth-order valence-electron chi connectivity index (χ4n) is 3.66. The Balaban J connectivity index is 2.01. The summed E-state index contributed by atoms with van der Waals surface area (Å²) in [5.41, 5.74) is 13.0. The summed E-state index contributed by atoms with van der Waals surface area (Å²) in [7, 11) is -0.468. The predicted molar refractivity (Wildman–Crippen MR) is 109 cm³/mol. The quantitative estimate of drug-likeness (QED) is 0.382. The summed E-state index contributed by atoms with van der Waals surface area (Å²) in [6.07, 6.45) is 0. The van der Waals surface area contributed by atoms with Crippen molar-refractivity contribution >= 4 is 18.3 Å². The van der Waals surface area contributed by atoms with Crippen LogP contribution < -0.4 is 10.8 Å². The number of azide groups is 1. The van der Waals surface area contributed by atoms with E-state index in [2.05, 4.69) is 26.3 Å². The van der Waals surface area contributed by atoms with Crippen LogP contribution in [0.5, 0.6) is 0 Å². The van der Waals surface area contributed by atoms with Gasteiger partial charge in [0.05, 0.1) is 11.2 Å². The Bertz CT molecular complexity index is 752. The Labute approximate surface area is 162 Å². The van der Waals surface area contributed by atoms with E-state index in [1.54, 1.807) is 0 Å². The van der Waals surface area contributed by atoms with Gasteiger partial charge in [0.25, 0.3) is 0 Å². The first-order chi connectivity index (χ1) is 12.7. The van der Waals surface area contributed by atoms with Crippen LogP contribution in [0.25, 0.3) is 10.4 Å². The number of nitrogens with zero attached hydrogens (tertiary/aromatic N) is 4. The summed E-state index contributed by atoms with van der Waals surface area (Å²) >= 11 is 0. The molecule has 2 aliphatic heterocycles. The van der Waals surface area contributed by atoms with E-state index in [9.17, 15) is 0 Å². The van der Waals surface area contributed by atoms with Crippen molar-refractivity contribution in [2.75, 3.05) is 26.2 Å². The summed E-state index contributed by atoms with van der Waals surface area (Å²) < 4.78 is 12.5. The zero-order chi connectivity index (χ0) is 19.8. The SMILES string of the molecule is Cc1c(CN2CCNCC2)cc(B2OC(C)(C)C(C)(C)O2)c(C)c1N=[N+]=[N-]. The van der Waals surface area contributed by atoms with Crippen molar-refractivity contribution in [3.63, 3.8) is 0 Å². The molecule has 0 saturated carbocycles. The van der Waals surface area contributed by atoms with Crippen molar-refractivity contribution in [1.82, 2.24) is 10.2 Å². The topological polar surface area (TPSA) is 82.5 Å². The molecule has 8 heteroatoms. The molecule has 3 rings (SSSR count). The molecule has 2 saturated heterocycles. The Morgan fingerprint density at radius 2 is 1.74 bits per heavy atom. The largest absolute Gasteiger partial charge is 0.495 e.